The molecule has 1 heterocycles. The van der Waals surface area contributed by atoms with Crippen LogP contribution in [0, 0.1) is 5.82 Å². The molecule has 0 amide bonds. The Labute approximate surface area is 175 Å². The largest absolute Gasteiger partial charge is 0.491 e. The number of thioether (sulfide) groups is 1. The summed E-state index contributed by atoms with van der Waals surface area (Å²) in [6, 6.07) is 14.3. The molecular weight excluding hydrogens is 445 g/mol. The van der Waals surface area contributed by atoms with Crippen LogP contribution in [0.4, 0.5) is 4.39 Å². The van der Waals surface area contributed by atoms with E-state index in [9.17, 15) is 9.50 Å². The maximum atomic E-state index is 14.2. The van der Waals surface area contributed by atoms with Gasteiger partial charge in [0.25, 0.3) is 0 Å². The van der Waals surface area contributed by atoms with Crippen LogP contribution in [-0.2, 0) is 0 Å². The fourth-order valence-corrected chi connectivity index (χ4v) is 3.98. The molecule has 1 atom stereocenters. The van der Waals surface area contributed by atoms with Gasteiger partial charge in [0.15, 0.2) is 11.0 Å². The molecule has 1 saturated carbocycles. The highest BCUT2D eigenvalue weighted by Crippen LogP contribution is 2.41. The Morgan fingerprint density at radius 2 is 1.93 bits per heavy atom. The third kappa shape index (κ3) is 4.56. The van der Waals surface area contributed by atoms with E-state index in [1.165, 1.54) is 17.8 Å². The summed E-state index contributed by atoms with van der Waals surface area (Å²) in [5, 5.41) is 19.4. The van der Waals surface area contributed by atoms with E-state index in [1.54, 1.807) is 18.2 Å². The molecule has 1 N–H and O–H groups in total. The second-order valence-corrected chi connectivity index (χ2v) is 8.52. The Bertz CT molecular complexity index is 947. The lowest BCUT2D eigenvalue weighted by molar-refractivity contribution is 0.126. The topological polar surface area (TPSA) is 60.2 Å². The zero-order chi connectivity index (χ0) is 19.5. The van der Waals surface area contributed by atoms with Crippen LogP contribution in [0.15, 0.2) is 58.2 Å². The smallest absolute Gasteiger partial charge is 0.191 e. The van der Waals surface area contributed by atoms with Crippen molar-refractivity contribution in [2.45, 2.75) is 30.1 Å². The highest BCUT2D eigenvalue weighted by molar-refractivity contribution is 9.10. The number of halogens is 2. The van der Waals surface area contributed by atoms with Gasteiger partial charge >= 0.3 is 0 Å². The molecular formula is C20H19BrFN3O2S. The first-order valence-electron chi connectivity index (χ1n) is 9.01. The van der Waals surface area contributed by atoms with Gasteiger partial charge in [0.05, 0.1) is 11.7 Å². The van der Waals surface area contributed by atoms with Crippen LogP contribution >= 0.6 is 27.7 Å². The Morgan fingerprint density at radius 3 is 2.64 bits per heavy atom. The third-order valence-electron chi connectivity index (χ3n) is 4.35. The van der Waals surface area contributed by atoms with Crippen molar-refractivity contribution in [3.63, 3.8) is 0 Å². The zero-order valence-corrected chi connectivity index (χ0v) is 17.4. The van der Waals surface area contributed by atoms with Crippen LogP contribution in [-0.4, -0.2) is 38.3 Å². The number of aromatic nitrogens is 3. The second kappa shape index (κ2) is 8.63. The molecule has 0 aliphatic heterocycles. The summed E-state index contributed by atoms with van der Waals surface area (Å²) in [6.07, 6.45) is 1.40. The lowest BCUT2D eigenvalue weighted by Gasteiger charge is -2.13. The van der Waals surface area contributed by atoms with Crippen molar-refractivity contribution in [2.75, 3.05) is 12.4 Å². The van der Waals surface area contributed by atoms with Gasteiger partial charge in [0.1, 0.15) is 18.2 Å². The lowest BCUT2D eigenvalue weighted by Crippen LogP contribution is -2.20. The molecule has 1 fully saturated rings. The van der Waals surface area contributed by atoms with Crippen molar-refractivity contribution in [3.8, 4) is 17.1 Å². The van der Waals surface area contributed by atoms with Crippen molar-refractivity contribution >= 4 is 27.7 Å². The highest BCUT2D eigenvalue weighted by atomic mass is 79.9. The molecule has 0 radical (unpaired) electrons. The van der Waals surface area contributed by atoms with E-state index >= 15 is 0 Å². The number of hydrogen-bond donors (Lipinski definition) is 1. The number of ether oxygens (including phenoxy) is 1. The molecule has 28 heavy (non-hydrogen) atoms. The Kier molecular flexibility index (Phi) is 5.99. The van der Waals surface area contributed by atoms with Crippen molar-refractivity contribution in [1.82, 2.24) is 14.8 Å². The molecule has 0 bridgehead atoms. The van der Waals surface area contributed by atoms with Gasteiger partial charge in [-0.3, -0.25) is 4.57 Å². The highest BCUT2D eigenvalue weighted by Gasteiger charge is 2.31. The minimum absolute atomic E-state index is 0.187. The van der Waals surface area contributed by atoms with Crippen molar-refractivity contribution in [3.05, 3.63) is 58.8 Å². The number of nitrogens with zero attached hydrogens (tertiary/aromatic N) is 3. The molecule has 0 spiro atoms. The minimum Gasteiger partial charge on any atom is -0.491 e. The van der Waals surface area contributed by atoms with Gasteiger partial charge < -0.3 is 9.84 Å². The standard InChI is InChI=1S/C20H19BrFN3O2S/c21-13-5-9-16(10-6-13)27-11-15(26)12-28-20-24-23-19(25(20)14-7-8-14)17-3-1-2-4-18(17)22/h1-6,9-10,14-15,26H,7-8,11-12H2/t15-/m1/s1. The predicted molar refractivity (Wildman–Crippen MR) is 110 cm³/mol. The van der Waals surface area contributed by atoms with E-state index in [2.05, 4.69) is 26.1 Å². The van der Waals surface area contributed by atoms with Crippen LogP contribution < -0.4 is 4.74 Å². The molecule has 146 valence electrons. The van der Waals surface area contributed by atoms with Crippen molar-refractivity contribution in [2.24, 2.45) is 0 Å². The van der Waals surface area contributed by atoms with Crippen LogP contribution in [0.3, 0.4) is 0 Å². The van der Waals surface area contributed by atoms with Crippen LogP contribution in [0.25, 0.3) is 11.4 Å². The van der Waals surface area contributed by atoms with E-state index < -0.39 is 6.10 Å². The quantitative estimate of drug-likeness (QED) is 0.490. The molecule has 1 aromatic heterocycles. The van der Waals surface area contributed by atoms with Crippen molar-refractivity contribution < 1.29 is 14.2 Å². The molecule has 3 aromatic rings. The Hall–Kier alpha value is -1.90. The van der Waals surface area contributed by atoms with Gasteiger partial charge in [-0.05, 0) is 49.2 Å². The summed E-state index contributed by atoms with van der Waals surface area (Å²) >= 11 is 4.79. The molecule has 4 rings (SSSR count). The fourth-order valence-electron chi connectivity index (χ4n) is 2.81. The van der Waals surface area contributed by atoms with E-state index in [4.69, 9.17) is 4.74 Å². The molecule has 0 saturated heterocycles. The molecule has 5 nitrogen and oxygen atoms in total. The maximum absolute atomic E-state index is 14.2. The van der Waals surface area contributed by atoms with Crippen LogP contribution in [0.1, 0.15) is 18.9 Å². The van der Waals surface area contributed by atoms with Crippen LogP contribution in [0.5, 0.6) is 5.75 Å². The maximum Gasteiger partial charge on any atom is 0.191 e. The number of rotatable bonds is 8. The number of benzene rings is 2. The normalized spacial score (nSPS) is 14.8. The number of aliphatic hydroxyl groups is 1. The third-order valence-corrected chi connectivity index (χ3v) is 5.97. The summed E-state index contributed by atoms with van der Waals surface area (Å²) in [6.45, 7) is 0.187. The molecule has 0 unspecified atom stereocenters. The van der Waals surface area contributed by atoms with Gasteiger partial charge in [-0.1, -0.05) is 39.8 Å². The summed E-state index contributed by atoms with van der Waals surface area (Å²) in [5.41, 5.74) is 0.452. The minimum atomic E-state index is -0.657. The molecule has 8 heteroatoms. The lowest BCUT2D eigenvalue weighted by atomic mass is 10.2. The fraction of sp³-hybridized carbons (Fsp3) is 0.300. The Morgan fingerprint density at radius 1 is 1.18 bits per heavy atom. The number of aliphatic hydroxyl groups excluding tert-OH is 1. The molecule has 1 aliphatic rings. The van der Waals surface area contributed by atoms with E-state index in [0.29, 0.717) is 34.1 Å². The zero-order valence-electron chi connectivity index (χ0n) is 15.0. The Balaban J connectivity index is 1.41. The SMILES string of the molecule is O[C@H](COc1ccc(Br)cc1)CSc1nnc(-c2ccccc2F)n1C1CC1. The van der Waals surface area contributed by atoms with Gasteiger partial charge in [-0.15, -0.1) is 10.2 Å². The van der Waals surface area contributed by atoms with E-state index in [0.717, 1.165) is 17.3 Å². The van der Waals surface area contributed by atoms with E-state index in [1.807, 2.05) is 28.8 Å². The van der Waals surface area contributed by atoms with Gasteiger partial charge in [0, 0.05) is 16.3 Å². The van der Waals surface area contributed by atoms with E-state index in [-0.39, 0.29) is 12.4 Å². The average Bonchev–Trinajstić information content (AvgIpc) is 3.46. The second-order valence-electron chi connectivity index (χ2n) is 6.62. The first-order chi connectivity index (χ1) is 13.6. The summed E-state index contributed by atoms with van der Waals surface area (Å²) in [7, 11) is 0. The van der Waals surface area contributed by atoms with Crippen LogP contribution in [0.2, 0.25) is 0 Å². The predicted octanol–water partition coefficient (Wildman–Crippen LogP) is 4.71. The average molecular weight is 464 g/mol. The molecule has 2 aromatic carbocycles. The first kappa shape index (κ1) is 19.4. The van der Waals surface area contributed by atoms with Crippen molar-refractivity contribution in [1.29, 1.82) is 0 Å². The summed E-state index contributed by atoms with van der Waals surface area (Å²) < 4.78 is 22.8. The summed E-state index contributed by atoms with van der Waals surface area (Å²) in [4.78, 5) is 0. The summed E-state index contributed by atoms with van der Waals surface area (Å²) in [5.74, 6) is 1.36. The molecule has 1 aliphatic carbocycles. The van der Waals surface area contributed by atoms with Gasteiger partial charge in [0.2, 0.25) is 0 Å². The van der Waals surface area contributed by atoms with Gasteiger partial charge in [-0.25, -0.2) is 4.39 Å². The number of hydrogen-bond acceptors (Lipinski definition) is 5. The first-order valence-corrected chi connectivity index (χ1v) is 10.8. The van der Waals surface area contributed by atoms with Gasteiger partial charge in [-0.2, -0.15) is 0 Å². The monoisotopic (exact) mass is 463 g/mol.